The number of carbonyl (C=O) groups is 1. The molecule has 0 aromatic carbocycles. The van der Waals surface area contributed by atoms with Gasteiger partial charge in [-0.05, 0) is 25.7 Å². The minimum absolute atomic E-state index is 0.119. The lowest BCUT2D eigenvalue weighted by atomic mass is 10.1. The Hall–Kier alpha value is -1.15. The summed E-state index contributed by atoms with van der Waals surface area (Å²) < 4.78 is 11.0. The van der Waals surface area contributed by atoms with Crippen molar-refractivity contribution < 1.29 is 18.5 Å². The standard InChI is InChI=1S/C11H20N2O4Si/c1-15-13(12)11(14)7-10(17-18(2,3)4)9-5-6-16-8-9/h5-6,8,10H,7,12H2,1-4H3. The number of hydrazine groups is 1. The molecule has 0 saturated carbocycles. The van der Waals surface area contributed by atoms with E-state index in [-0.39, 0.29) is 18.4 Å². The zero-order chi connectivity index (χ0) is 13.8. The van der Waals surface area contributed by atoms with E-state index in [1.165, 1.54) is 7.11 Å². The summed E-state index contributed by atoms with van der Waals surface area (Å²) in [5, 5.41) is 0.709. The van der Waals surface area contributed by atoms with Crippen molar-refractivity contribution in [3.05, 3.63) is 24.2 Å². The van der Waals surface area contributed by atoms with Crippen molar-refractivity contribution in [3.63, 3.8) is 0 Å². The van der Waals surface area contributed by atoms with Crippen molar-refractivity contribution in [1.82, 2.24) is 5.17 Å². The molecule has 6 nitrogen and oxygen atoms in total. The van der Waals surface area contributed by atoms with Crippen LogP contribution in [0.2, 0.25) is 19.6 Å². The topological polar surface area (TPSA) is 77.9 Å². The van der Waals surface area contributed by atoms with Crippen LogP contribution in [0.3, 0.4) is 0 Å². The highest BCUT2D eigenvalue weighted by atomic mass is 28.4. The number of nitrogens with two attached hydrogens (primary N) is 1. The minimum Gasteiger partial charge on any atom is -0.472 e. The van der Waals surface area contributed by atoms with Crippen LogP contribution < -0.4 is 5.84 Å². The van der Waals surface area contributed by atoms with Crippen LogP contribution in [0.1, 0.15) is 18.1 Å². The van der Waals surface area contributed by atoms with Gasteiger partial charge in [-0.15, -0.1) is 0 Å². The number of furan rings is 1. The molecule has 0 aliphatic rings. The maximum atomic E-state index is 11.7. The maximum Gasteiger partial charge on any atom is 0.264 e. The summed E-state index contributed by atoms with van der Waals surface area (Å²) >= 11 is 0. The molecule has 102 valence electrons. The lowest BCUT2D eigenvalue weighted by Crippen LogP contribution is -2.38. The molecule has 18 heavy (non-hydrogen) atoms. The summed E-state index contributed by atoms with van der Waals surface area (Å²) in [5.41, 5.74) is 0.829. The number of hydrogen-bond acceptors (Lipinski definition) is 5. The molecule has 2 N–H and O–H groups in total. The van der Waals surface area contributed by atoms with Crippen LogP contribution in [0.5, 0.6) is 0 Å². The summed E-state index contributed by atoms with van der Waals surface area (Å²) in [6, 6.07) is 1.78. The molecule has 1 aromatic rings. The summed E-state index contributed by atoms with van der Waals surface area (Å²) in [4.78, 5) is 16.4. The van der Waals surface area contributed by atoms with Gasteiger partial charge in [0.25, 0.3) is 5.91 Å². The van der Waals surface area contributed by atoms with Gasteiger partial charge in [0, 0.05) is 5.56 Å². The van der Waals surface area contributed by atoms with Crippen LogP contribution in [0.25, 0.3) is 0 Å². The van der Waals surface area contributed by atoms with Gasteiger partial charge < -0.3 is 8.84 Å². The molecule has 0 spiro atoms. The molecule has 1 unspecified atom stereocenters. The average Bonchev–Trinajstić information content (AvgIpc) is 2.78. The van der Waals surface area contributed by atoms with Crippen LogP contribution in [0.15, 0.2) is 23.0 Å². The number of nitrogens with zero attached hydrogens (tertiary/aromatic N) is 1. The fourth-order valence-corrected chi connectivity index (χ4v) is 2.54. The van der Waals surface area contributed by atoms with Gasteiger partial charge in [-0.2, -0.15) is 5.17 Å². The predicted octanol–water partition coefficient (Wildman–Crippen LogP) is 1.83. The van der Waals surface area contributed by atoms with Gasteiger partial charge in [0.05, 0.1) is 32.2 Å². The summed E-state index contributed by atoms with van der Waals surface area (Å²) in [6.45, 7) is 6.17. The van der Waals surface area contributed by atoms with Gasteiger partial charge in [0.15, 0.2) is 8.32 Å². The Bertz CT molecular complexity index is 375. The minimum atomic E-state index is -1.78. The lowest BCUT2D eigenvalue weighted by molar-refractivity contribution is -0.179. The van der Waals surface area contributed by atoms with E-state index in [0.717, 1.165) is 5.56 Å². The first-order valence-corrected chi connectivity index (χ1v) is 9.06. The normalized spacial score (nSPS) is 13.4. The van der Waals surface area contributed by atoms with E-state index in [2.05, 4.69) is 24.5 Å². The van der Waals surface area contributed by atoms with Crippen LogP contribution in [-0.4, -0.2) is 26.5 Å². The Morgan fingerprint density at radius 1 is 1.56 bits per heavy atom. The number of carbonyl (C=O) groups excluding carboxylic acids is 1. The van der Waals surface area contributed by atoms with Gasteiger partial charge in [0.1, 0.15) is 0 Å². The first-order valence-electron chi connectivity index (χ1n) is 5.65. The van der Waals surface area contributed by atoms with E-state index < -0.39 is 8.32 Å². The highest BCUT2D eigenvalue weighted by Gasteiger charge is 2.26. The molecular weight excluding hydrogens is 252 g/mol. The number of amides is 1. The third-order valence-corrected chi connectivity index (χ3v) is 3.20. The first-order chi connectivity index (χ1) is 8.33. The average molecular weight is 272 g/mol. The van der Waals surface area contributed by atoms with E-state index in [1.54, 1.807) is 18.6 Å². The Labute approximate surface area is 108 Å². The Balaban J connectivity index is 2.76. The molecular formula is C11H20N2O4Si. The van der Waals surface area contributed by atoms with Crippen molar-refractivity contribution in [2.45, 2.75) is 32.2 Å². The predicted molar refractivity (Wildman–Crippen MR) is 68.5 cm³/mol. The molecule has 0 bridgehead atoms. The number of rotatable bonds is 6. The zero-order valence-corrected chi connectivity index (χ0v) is 12.2. The van der Waals surface area contributed by atoms with E-state index >= 15 is 0 Å². The third-order valence-electron chi connectivity index (χ3n) is 2.21. The van der Waals surface area contributed by atoms with Gasteiger partial charge in [-0.3, -0.25) is 9.63 Å². The Morgan fingerprint density at radius 2 is 2.22 bits per heavy atom. The van der Waals surface area contributed by atoms with Crippen molar-refractivity contribution >= 4 is 14.2 Å². The molecule has 0 aliphatic carbocycles. The maximum absolute atomic E-state index is 11.7. The van der Waals surface area contributed by atoms with E-state index in [4.69, 9.17) is 14.7 Å². The SMILES string of the molecule is CON(N)C(=O)CC(O[Si](C)(C)C)c1ccoc1. The van der Waals surface area contributed by atoms with Gasteiger partial charge in [-0.1, -0.05) is 0 Å². The second-order valence-corrected chi connectivity index (χ2v) is 9.34. The fourth-order valence-electron chi connectivity index (χ4n) is 1.46. The highest BCUT2D eigenvalue weighted by molar-refractivity contribution is 6.69. The highest BCUT2D eigenvalue weighted by Crippen LogP contribution is 2.26. The molecule has 1 heterocycles. The van der Waals surface area contributed by atoms with E-state index in [1.807, 2.05) is 0 Å². The fraction of sp³-hybridized carbons (Fsp3) is 0.545. The molecule has 1 aromatic heterocycles. The molecule has 1 atom stereocenters. The Morgan fingerprint density at radius 3 is 2.67 bits per heavy atom. The lowest BCUT2D eigenvalue weighted by Gasteiger charge is -2.26. The zero-order valence-electron chi connectivity index (χ0n) is 11.2. The first kappa shape index (κ1) is 14.9. The van der Waals surface area contributed by atoms with E-state index in [9.17, 15) is 4.79 Å². The molecule has 0 aliphatic heterocycles. The third kappa shape index (κ3) is 4.61. The molecule has 0 radical (unpaired) electrons. The van der Waals surface area contributed by atoms with E-state index in [0.29, 0.717) is 5.17 Å². The van der Waals surface area contributed by atoms with Crippen molar-refractivity contribution in [1.29, 1.82) is 0 Å². The number of hydroxylamine groups is 1. The molecule has 7 heteroatoms. The Kier molecular flexibility index (Phi) is 5.09. The monoisotopic (exact) mass is 272 g/mol. The van der Waals surface area contributed by atoms with Gasteiger partial charge >= 0.3 is 0 Å². The van der Waals surface area contributed by atoms with Crippen molar-refractivity contribution in [3.8, 4) is 0 Å². The second kappa shape index (κ2) is 6.14. The van der Waals surface area contributed by atoms with Gasteiger partial charge in [0.2, 0.25) is 0 Å². The summed E-state index contributed by atoms with van der Waals surface area (Å²) in [6.07, 6.45) is 2.89. The molecule has 1 rings (SSSR count). The molecule has 0 fully saturated rings. The smallest absolute Gasteiger partial charge is 0.264 e. The second-order valence-electron chi connectivity index (χ2n) is 4.88. The summed E-state index contributed by atoms with van der Waals surface area (Å²) in [7, 11) is -0.445. The van der Waals surface area contributed by atoms with Gasteiger partial charge in [-0.25, -0.2) is 5.84 Å². The van der Waals surface area contributed by atoms with Crippen LogP contribution in [-0.2, 0) is 14.1 Å². The van der Waals surface area contributed by atoms with Crippen LogP contribution in [0, 0.1) is 0 Å². The molecule has 1 amide bonds. The number of hydrogen-bond donors (Lipinski definition) is 1. The quantitative estimate of drug-likeness (QED) is 0.370. The van der Waals surface area contributed by atoms with Crippen LogP contribution >= 0.6 is 0 Å². The molecule has 0 saturated heterocycles. The van der Waals surface area contributed by atoms with Crippen molar-refractivity contribution in [2.75, 3.05) is 7.11 Å². The van der Waals surface area contributed by atoms with Crippen molar-refractivity contribution in [2.24, 2.45) is 5.84 Å². The van der Waals surface area contributed by atoms with Crippen LogP contribution in [0.4, 0.5) is 0 Å². The largest absolute Gasteiger partial charge is 0.472 e. The summed E-state index contributed by atoms with van der Waals surface area (Å²) in [5.74, 6) is 5.03.